The highest BCUT2D eigenvalue weighted by atomic mass is 32.2. The fourth-order valence-electron chi connectivity index (χ4n) is 2.92. The van der Waals surface area contributed by atoms with E-state index in [1.807, 2.05) is 18.2 Å². The summed E-state index contributed by atoms with van der Waals surface area (Å²) in [6.07, 6.45) is 0. The van der Waals surface area contributed by atoms with Gasteiger partial charge in [0.25, 0.3) is 0 Å². The summed E-state index contributed by atoms with van der Waals surface area (Å²) in [5.41, 5.74) is 5.36. The van der Waals surface area contributed by atoms with E-state index in [0.717, 1.165) is 22.4 Å². The van der Waals surface area contributed by atoms with E-state index in [1.54, 1.807) is 12.1 Å². The first-order chi connectivity index (χ1) is 13.3. The molecule has 0 saturated carbocycles. The average Bonchev–Trinajstić information content (AvgIpc) is 2.66. The van der Waals surface area contributed by atoms with Gasteiger partial charge in [-0.25, -0.2) is 8.42 Å². The lowest BCUT2D eigenvalue weighted by Crippen LogP contribution is -2.15. The van der Waals surface area contributed by atoms with Crippen molar-refractivity contribution in [3.05, 3.63) is 83.9 Å². The highest BCUT2D eigenvalue weighted by molar-refractivity contribution is 7.92. The molecule has 0 amide bonds. The maximum atomic E-state index is 11.9. The van der Waals surface area contributed by atoms with Gasteiger partial charge in [0.15, 0.2) is 15.6 Å². The predicted molar refractivity (Wildman–Crippen MR) is 110 cm³/mol. The van der Waals surface area contributed by atoms with Crippen LogP contribution in [0.15, 0.2) is 77.7 Å². The number of carboxylic acids is 1. The zero-order chi connectivity index (χ0) is 20.1. The van der Waals surface area contributed by atoms with Crippen LogP contribution >= 0.6 is 0 Å². The Bertz CT molecular complexity index is 1090. The second-order valence-corrected chi connectivity index (χ2v) is 8.59. The maximum Gasteiger partial charge on any atom is 0.319 e. The Labute approximate surface area is 164 Å². The van der Waals surface area contributed by atoms with Crippen molar-refractivity contribution in [3.63, 3.8) is 0 Å². The number of aliphatic carboxylic acids is 1. The van der Waals surface area contributed by atoms with Crippen molar-refractivity contribution in [2.45, 2.75) is 18.4 Å². The number of hydrogen-bond acceptors (Lipinski definition) is 4. The van der Waals surface area contributed by atoms with Crippen LogP contribution in [0.25, 0.3) is 11.1 Å². The van der Waals surface area contributed by atoms with Crippen LogP contribution in [0.1, 0.15) is 11.1 Å². The number of nitrogens with one attached hydrogen (secondary N) is 1. The highest BCUT2D eigenvalue weighted by Gasteiger charge is 2.18. The van der Waals surface area contributed by atoms with Gasteiger partial charge in [0.05, 0.1) is 4.90 Å². The van der Waals surface area contributed by atoms with Gasteiger partial charge in [0.1, 0.15) is 0 Å². The first-order valence-corrected chi connectivity index (χ1v) is 10.4. The van der Waals surface area contributed by atoms with Crippen molar-refractivity contribution in [2.24, 2.45) is 0 Å². The van der Waals surface area contributed by atoms with Crippen molar-refractivity contribution in [1.82, 2.24) is 0 Å². The second kappa shape index (κ2) is 8.27. The van der Waals surface area contributed by atoms with Gasteiger partial charge < -0.3 is 10.4 Å². The molecular weight excluding hydrogens is 374 g/mol. The summed E-state index contributed by atoms with van der Waals surface area (Å²) >= 11 is 0. The molecule has 0 aliphatic carbocycles. The molecule has 3 aromatic rings. The molecule has 0 aliphatic heterocycles. The molecule has 0 atom stereocenters. The van der Waals surface area contributed by atoms with E-state index in [0.29, 0.717) is 6.54 Å². The number of carboxylic acid groups (broad SMARTS) is 1. The summed E-state index contributed by atoms with van der Waals surface area (Å²) in [4.78, 5) is 10.7. The standard InChI is InChI=1S/C22H21NO4S/c1-16-4-2-6-18(12-16)19-7-3-5-17(13-19)14-23-20-8-10-21(11-9-20)28(26,27)15-22(24)25/h2-13,23H,14-15H2,1H3,(H,24,25). The first-order valence-electron chi connectivity index (χ1n) is 8.78. The zero-order valence-electron chi connectivity index (χ0n) is 15.4. The average molecular weight is 395 g/mol. The van der Waals surface area contributed by atoms with Crippen molar-refractivity contribution in [1.29, 1.82) is 0 Å². The molecule has 5 nitrogen and oxygen atoms in total. The van der Waals surface area contributed by atoms with E-state index < -0.39 is 21.6 Å². The quantitative estimate of drug-likeness (QED) is 0.628. The van der Waals surface area contributed by atoms with E-state index in [-0.39, 0.29) is 4.90 Å². The summed E-state index contributed by atoms with van der Waals surface area (Å²) in [5, 5.41) is 12.0. The SMILES string of the molecule is Cc1cccc(-c2cccc(CNc3ccc(S(=O)(=O)CC(=O)O)cc3)c2)c1. The number of carbonyl (C=O) groups is 1. The number of benzene rings is 3. The van der Waals surface area contributed by atoms with Gasteiger partial charge in [0.2, 0.25) is 0 Å². The Morgan fingerprint density at radius 3 is 2.21 bits per heavy atom. The van der Waals surface area contributed by atoms with E-state index in [2.05, 4.69) is 42.6 Å². The first kappa shape index (κ1) is 19.6. The minimum Gasteiger partial charge on any atom is -0.480 e. The van der Waals surface area contributed by atoms with Gasteiger partial charge in [-0.15, -0.1) is 0 Å². The third-order valence-corrected chi connectivity index (χ3v) is 5.92. The Kier molecular flexibility index (Phi) is 5.80. The van der Waals surface area contributed by atoms with Gasteiger partial charge in [-0.05, 0) is 53.9 Å². The molecule has 0 bridgehead atoms. The molecular formula is C22H21NO4S. The molecule has 2 N–H and O–H groups in total. The third kappa shape index (κ3) is 4.98. The number of hydrogen-bond donors (Lipinski definition) is 2. The Hall–Kier alpha value is -3.12. The van der Waals surface area contributed by atoms with Crippen LogP contribution in [-0.4, -0.2) is 25.2 Å². The van der Waals surface area contributed by atoms with E-state index in [4.69, 9.17) is 5.11 Å². The molecule has 3 rings (SSSR count). The molecule has 0 aromatic heterocycles. The lowest BCUT2D eigenvalue weighted by molar-refractivity contribution is -0.134. The molecule has 0 radical (unpaired) electrons. The largest absolute Gasteiger partial charge is 0.480 e. The molecule has 0 saturated heterocycles. The maximum absolute atomic E-state index is 11.9. The van der Waals surface area contributed by atoms with Crippen molar-refractivity contribution >= 4 is 21.5 Å². The topological polar surface area (TPSA) is 83.5 Å². The molecule has 6 heteroatoms. The van der Waals surface area contributed by atoms with E-state index >= 15 is 0 Å². The van der Waals surface area contributed by atoms with Gasteiger partial charge in [-0.1, -0.05) is 48.0 Å². The Morgan fingerprint density at radius 1 is 0.929 bits per heavy atom. The van der Waals surface area contributed by atoms with Gasteiger partial charge in [-0.2, -0.15) is 0 Å². The van der Waals surface area contributed by atoms with Crippen LogP contribution in [-0.2, 0) is 21.2 Å². The summed E-state index contributed by atoms with van der Waals surface area (Å²) in [6.45, 7) is 2.65. The van der Waals surface area contributed by atoms with E-state index in [9.17, 15) is 13.2 Å². The molecule has 28 heavy (non-hydrogen) atoms. The van der Waals surface area contributed by atoms with Crippen LogP contribution in [0, 0.1) is 6.92 Å². The molecule has 144 valence electrons. The second-order valence-electron chi connectivity index (χ2n) is 6.60. The molecule has 0 aliphatic rings. The lowest BCUT2D eigenvalue weighted by atomic mass is 10.0. The fourth-order valence-corrected chi connectivity index (χ4v) is 3.96. The fraction of sp³-hybridized carbons (Fsp3) is 0.136. The summed E-state index contributed by atoms with van der Waals surface area (Å²) in [6, 6.07) is 22.7. The van der Waals surface area contributed by atoms with Gasteiger partial charge in [-0.3, -0.25) is 4.79 Å². The number of rotatable bonds is 7. The van der Waals surface area contributed by atoms with Crippen LogP contribution in [0.3, 0.4) is 0 Å². The lowest BCUT2D eigenvalue weighted by Gasteiger charge is -2.10. The van der Waals surface area contributed by atoms with Crippen LogP contribution in [0.5, 0.6) is 0 Å². The number of anilines is 1. The summed E-state index contributed by atoms with van der Waals surface area (Å²) < 4.78 is 23.9. The zero-order valence-corrected chi connectivity index (χ0v) is 16.2. The molecule has 0 unspecified atom stereocenters. The van der Waals surface area contributed by atoms with E-state index in [1.165, 1.54) is 17.7 Å². The summed E-state index contributed by atoms with van der Waals surface area (Å²) in [5.74, 6) is -2.28. The summed E-state index contributed by atoms with van der Waals surface area (Å²) in [7, 11) is -3.81. The minimum absolute atomic E-state index is 0.00175. The molecule has 0 fully saturated rings. The third-order valence-electron chi connectivity index (χ3n) is 4.30. The number of sulfone groups is 1. The monoisotopic (exact) mass is 395 g/mol. The van der Waals surface area contributed by atoms with Crippen molar-refractivity contribution in [2.75, 3.05) is 11.1 Å². The smallest absolute Gasteiger partial charge is 0.319 e. The van der Waals surface area contributed by atoms with Crippen molar-refractivity contribution < 1.29 is 18.3 Å². The Morgan fingerprint density at radius 2 is 1.57 bits per heavy atom. The van der Waals surface area contributed by atoms with Gasteiger partial charge >= 0.3 is 5.97 Å². The minimum atomic E-state index is -3.81. The molecule has 0 heterocycles. The van der Waals surface area contributed by atoms with Crippen molar-refractivity contribution in [3.8, 4) is 11.1 Å². The van der Waals surface area contributed by atoms with Crippen LogP contribution < -0.4 is 5.32 Å². The normalized spacial score (nSPS) is 11.2. The van der Waals surface area contributed by atoms with Gasteiger partial charge in [0, 0.05) is 12.2 Å². The molecule has 0 spiro atoms. The molecule has 3 aromatic carbocycles. The Balaban J connectivity index is 1.69. The predicted octanol–water partition coefficient (Wildman–Crippen LogP) is 4.13. The van der Waals surface area contributed by atoms with Crippen LogP contribution in [0.4, 0.5) is 5.69 Å². The number of aryl methyl sites for hydroxylation is 1. The highest BCUT2D eigenvalue weighted by Crippen LogP contribution is 2.22. The van der Waals surface area contributed by atoms with Crippen LogP contribution in [0.2, 0.25) is 0 Å².